The molecule has 0 bridgehead atoms. The van der Waals surface area contributed by atoms with Crippen molar-refractivity contribution < 1.29 is 29.7 Å². The number of thiocarbonyl (C=S) groups is 2. The molecule has 0 heterocycles. The molecule has 0 atom stereocenters. The number of hydrogen-bond donors (Lipinski definition) is 2. The maximum Gasteiger partial charge on any atom is 0.256 e. The van der Waals surface area contributed by atoms with E-state index in [1.165, 1.54) is 9.80 Å². The zero-order valence-electron chi connectivity index (χ0n) is 8.31. The van der Waals surface area contributed by atoms with Gasteiger partial charge in [0.2, 0.25) is 0 Å². The van der Waals surface area contributed by atoms with Crippen LogP contribution in [0, 0.1) is 0 Å². The van der Waals surface area contributed by atoms with E-state index in [0.717, 1.165) is 0 Å². The molecule has 0 aromatic rings. The summed E-state index contributed by atoms with van der Waals surface area (Å²) in [5.74, 6) is 0. The molecule has 0 aliphatic rings. The van der Waals surface area contributed by atoms with Crippen molar-refractivity contribution in [1.82, 2.24) is 9.80 Å². The van der Waals surface area contributed by atoms with Gasteiger partial charge in [-0.15, -0.1) is 0 Å². The quantitative estimate of drug-likeness (QED) is 0.503. The molecule has 4 nitrogen and oxygen atoms in total. The molecule has 74 valence electrons. The number of aliphatic hydroxyl groups is 2. The molecule has 0 amide bonds. The first-order valence-electron chi connectivity index (χ1n) is 3.09. The van der Waals surface area contributed by atoms with Crippen LogP contribution in [-0.2, 0) is 19.5 Å². The second kappa shape index (κ2) is 10.1. The van der Waals surface area contributed by atoms with Crippen molar-refractivity contribution in [2.24, 2.45) is 0 Å². The summed E-state index contributed by atoms with van der Waals surface area (Å²) in [4.78, 5) is 2.91. The van der Waals surface area contributed by atoms with E-state index in [2.05, 4.69) is 24.4 Å². The van der Waals surface area contributed by atoms with Crippen LogP contribution in [0.1, 0.15) is 0 Å². The standard InChI is InChI=1S/2C3H7NOS.Zn/c2*1-4(2)3(5)6;/h2*1-2H3,(H,5,6);. The SMILES string of the molecule is CN(C)C(O)=S.CN(C)C(O)=S.[Zn]. The smallest absolute Gasteiger partial charge is 0.256 e. The summed E-state index contributed by atoms with van der Waals surface area (Å²) in [6.07, 6.45) is 0. The summed E-state index contributed by atoms with van der Waals surface area (Å²) in [5.41, 5.74) is 0. The number of rotatable bonds is 0. The van der Waals surface area contributed by atoms with Gasteiger partial charge in [0.15, 0.2) is 0 Å². The zero-order chi connectivity index (χ0) is 10.3. The molecule has 0 aliphatic carbocycles. The minimum Gasteiger partial charge on any atom is -0.487 e. The van der Waals surface area contributed by atoms with Gasteiger partial charge in [0.25, 0.3) is 10.3 Å². The van der Waals surface area contributed by atoms with E-state index in [0.29, 0.717) is 0 Å². The Kier molecular flexibility index (Phi) is 14.5. The summed E-state index contributed by atoms with van der Waals surface area (Å²) >= 11 is 8.60. The zero-order valence-corrected chi connectivity index (χ0v) is 12.9. The number of nitrogens with zero attached hydrogens (tertiary/aromatic N) is 2. The molecule has 0 radical (unpaired) electrons. The molecule has 2 N–H and O–H groups in total. The molecule has 0 saturated carbocycles. The molecule has 0 saturated heterocycles. The summed E-state index contributed by atoms with van der Waals surface area (Å²) < 4.78 is 0. The molecule has 0 aromatic carbocycles. The van der Waals surface area contributed by atoms with E-state index in [9.17, 15) is 0 Å². The minimum absolute atomic E-state index is 0. The molecule has 7 heteroatoms. The fraction of sp³-hybridized carbons (Fsp3) is 0.667. The first kappa shape index (κ1) is 18.7. The largest absolute Gasteiger partial charge is 0.487 e. The van der Waals surface area contributed by atoms with Crippen molar-refractivity contribution in [1.29, 1.82) is 0 Å². The van der Waals surface area contributed by atoms with Crippen molar-refractivity contribution in [3.63, 3.8) is 0 Å². The van der Waals surface area contributed by atoms with Crippen LogP contribution in [0.2, 0.25) is 0 Å². The fourth-order valence-corrected chi connectivity index (χ4v) is 0. The Balaban J connectivity index is -0.000000143. The van der Waals surface area contributed by atoms with Crippen molar-refractivity contribution in [2.75, 3.05) is 28.2 Å². The van der Waals surface area contributed by atoms with E-state index in [4.69, 9.17) is 10.2 Å². The molecule has 0 aliphatic heterocycles. The monoisotopic (exact) mass is 274 g/mol. The third-order valence-electron chi connectivity index (χ3n) is 0.765. The average Bonchev–Trinajstić information content (AvgIpc) is 1.88. The molecule has 0 aromatic heterocycles. The van der Waals surface area contributed by atoms with E-state index in [-0.39, 0.29) is 29.8 Å². The number of hydrogen-bond acceptors (Lipinski definition) is 2. The van der Waals surface area contributed by atoms with Crippen molar-refractivity contribution in [3.05, 3.63) is 0 Å². The van der Waals surface area contributed by atoms with Gasteiger partial charge in [-0.2, -0.15) is 0 Å². The Morgan fingerprint density at radius 3 is 0.923 bits per heavy atom. The van der Waals surface area contributed by atoms with Crippen LogP contribution in [0.5, 0.6) is 0 Å². The van der Waals surface area contributed by atoms with Gasteiger partial charge in [-0.3, -0.25) is 0 Å². The summed E-state index contributed by atoms with van der Waals surface area (Å²) in [6.45, 7) is 0. The van der Waals surface area contributed by atoms with Crippen LogP contribution >= 0.6 is 24.4 Å². The van der Waals surface area contributed by atoms with Crippen LogP contribution in [0.4, 0.5) is 0 Å². The van der Waals surface area contributed by atoms with E-state index in [1.54, 1.807) is 28.2 Å². The van der Waals surface area contributed by atoms with Crippen molar-refractivity contribution in [3.8, 4) is 0 Å². The predicted octanol–water partition coefficient (Wildman–Crippen LogP) is 0.779. The summed E-state index contributed by atoms with van der Waals surface area (Å²) in [7, 11) is 6.73. The maximum absolute atomic E-state index is 8.29. The van der Waals surface area contributed by atoms with Crippen LogP contribution in [0.3, 0.4) is 0 Å². The molecule has 0 spiro atoms. The Labute approximate surface area is 102 Å². The third-order valence-corrected chi connectivity index (χ3v) is 1.50. The molecular weight excluding hydrogens is 262 g/mol. The van der Waals surface area contributed by atoms with Gasteiger partial charge < -0.3 is 20.0 Å². The molecule has 0 fully saturated rings. The second-order valence-electron chi connectivity index (χ2n) is 2.35. The van der Waals surface area contributed by atoms with Crippen LogP contribution in [0.25, 0.3) is 0 Å². The van der Waals surface area contributed by atoms with Gasteiger partial charge in [0.05, 0.1) is 0 Å². The number of aliphatic hydroxyl groups excluding tert-OH is 2. The first-order valence-corrected chi connectivity index (χ1v) is 3.91. The van der Waals surface area contributed by atoms with Gasteiger partial charge in [-0.05, 0) is 24.4 Å². The Hall–Kier alpha value is 0.00338. The molecule has 13 heavy (non-hydrogen) atoms. The molecule has 0 unspecified atom stereocenters. The van der Waals surface area contributed by atoms with E-state index in [1.807, 2.05) is 0 Å². The van der Waals surface area contributed by atoms with E-state index >= 15 is 0 Å². The van der Waals surface area contributed by atoms with Gasteiger partial charge in [0.1, 0.15) is 0 Å². The van der Waals surface area contributed by atoms with Crippen LogP contribution in [-0.4, -0.2) is 58.6 Å². The second-order valence-corrected chi connectivity index (χ2v) is 3.08. The Morgan fingerprint density at radius 1 is 0.846 bits per heavy atom. The topological polar surface area (TPSA) is 46.9 Å². The summed E-state index contributed by atoms with van der Waals surface area (Å²) in [5, 5.41) is 16.4. The van der Waals surface area contributed by atoms with Crippen LogP contribution < -0.4 is 0 Å². The average molecular weight is 276 g/mol. The van der Waals surface area contributed by atoms with E-state index < -0.39 is 0 Å². The summed E-state index contributed by atoms with van der Waals surface area (Å²) in [6, 6.07) is 0. The minimum atomic E-state index is -0.0741. The normalized spacial score (nSPS) is 7.08. The van der Waals surface area contributed by atoms with Gasteiger partial charge in [0, 0.05) is 47.7 Å². The Morgan fingerprint density at radius 2 is 0.923 bits per heavy atom. The first-order chi connectivity index (χ1) is 5.29. The fourth-order valence-electron chi connectivity index (χ4n) is 0. The van der Waals surface area contributed by atoms with Crippen molar-refractivity contribution in [2.45, 2.75) is 0 Å². The van der Waals surface area contributed by atoms with Gasteiger partial charge in [-0.25, -0.2) is 0 Å². The molecular formula is C6H14N2O2S2Zn. The predicted molar refractivity (Wildman–Crippen MR) is 57.8 cm³/mol. The van der Waals surface area contributed by atoms with Crippen LogP contribution in [0.15, 0.2) is 0 Å². The maximum atomic E-state index is 8.29. The third kappa shape index (κ3) is 18.8. The Bertz CT molecular complexity index is 147. The van der Waals surface area contributed by atoms with Crippen molar-refractivity contribution >= 4 is 34.8 Å². The van der Waals surface area contributed by atoms with Gasteiger partial charge >= 0.3 is 0 Å². The van der Waals surface area contributed by atoms with Gasteiger partial charge in [-0.1, -0.05) is 0 Å². The molecule has 0 rings (SSSR count).